The third-order valence-corrected chi connectivity index (χ3v) is 4.45. The Labute approximate surface area is 137 Å². The second-order valence-electron chi connectivity index (χ2n) is 4.51. The van der Waals surface area contributed by atoms with E-state index in [2.05, 4.69) is 4.98 Å². The molecule has 0 saturated heterocycles. The number of thiophene rings is 1. The van der Waals surface area contributed by atoms with Crippen LogP contribution >= 0.6 is 34.5 Å². The molecule has 3 rings (SSSR count). The number of nitro groups is 1. The zero-order chi connectivity index (χ0) is 15.9. The van der Waals surface area contributed by atoms with Crippen molar-refractivity contribution in [1.29, 1.82) is 0 Å². The van der Waals surface area contributed by atoms with Crippen LogP contribution in [-0.4, -0.2) is 14.5 Å². The summed E-state index contributed by atoms with van der Waals surface area (Å²) in [6.07, 6.45) is 1.37. The fourth-order valence-corrected chi connectivity index (χ4v) is 3.31. The monoisotopic (exact) mass is 355 g/mol. The van der Waals surface area contributed by atoms with E-state index in [4.69, 9.17) is 23.2 Å². The summed E-state index contributed by atoms with van der Waals surface area (Å²) in [5.74, 6) is 0. The van der Waals surface area contributed by atoms with Gasteiger partial charge in [0.05, 0.1) is 33.7 Å². The third-order valence-electron chi connectivity index (χ3n) is 3.02. The Balaban J connectivity index is 2.06. The summed E-state index contributed by atoms with van der Waals surface area (Å²) in [6.45, 7) is 0.191. The number of halogens is 2. The number of nitrogens with zero attached hydrogens (tertiary/aromatic N) is 3. The zero-order valence-corrected chi connectivity index (χ0v) is 13.2. The topological polar surface area (TPSA) is 78.0 Å². The maximum atomic E-state index is 12.5. The first kappa shape index (κ1) is 15.0. The van der Waals surface area contributed by atoms with Crippen molar-refractivity contribution in [2.24, 2.45) is 0 Å². The van der Waals surface area contributed by atoms with Crippen LogP contribution in [0.3, 0.4) is 0 Å². The lowest BCUT2D eigenvalue weighted by atomic mass is 10.2. The lowest BCUT2D eigenvalue weighted by Crippen LogP contribution is -2.21. The van der Waals surface area contributed by atoms with Crippen molar-refractivity contribution < 1.29 is 4.92 Å². The molecule has 0 aliphatic carbocycles. The quantitative estimate of drug-likeness (QED) is 0.529. The van der Waals surface area contributed by atoms with E-state index in [0.717, 1.165) is 11.3 Å². The number of rotatable bonds is 3. The summed E-state index contributed by atoms with van der Waals surface area (Å²) < 4.78 is 1.36. The molecule has 0 N–H and O–H groups in total. The molecule has 0 saturated carbocycles. The molecule has 0 spiro atoms. The smallest absolute Gasteiger partial charge is 0.294 e. The molecule has 0 unspecified atom stereocenters. The fourth-order valence-electron chi connectivity index (χ4n) is 2.05. The maximum absolute atomic E-state index is 12.5. The Kier molecular flexibility index (Phi) is 3.86. The van der Waals surface area contributed by atoms with E-state index < -0.39 is 4.92 Å². The molecular weight excluding hydrogens is 349 g/mol. The predicted molar refractivity (Wildman–Crippen MR) is 86.1 cm³/mol. The van der Waals surface area contributed by atoms with Gasteiger partial charge in [-0.05, 0) is 17.7 Å². The number of fused-ring (bicyclic) bond motifs is 1. The van der Waals surface area contributed by atoms with Crippen LogP contribution in [-0.2, 0) is 6.54 Å². The van der Waals surface area contributed by atoms with Crippen molar-refractivity contribution in [2.75, 3.05) is 0 Å². The fraction of sp³-hybridized carbons (Fsp3) is 0.0769. The average Bonchev–Trinajstić information content (AvgIpc) is 2.91. The molecule has 22 heavy (non-hydrogen) atoms. The Morgan fingerprint density at radius 2 is 2.09 bits per heavy atom. The molecule has 0 fully saturated rings. The first-order chi connectivity index (χ1) is 10.5. The Hall–Kier alpha value is -1.96. The van der Waals surface area contributed by atoms with Crippen molar-refractivity contribution >= 4 is 50.4 Å². The van der Waals surface area contributed by atoms with Crippen molar-refractivity contribution in [3.8, 4) is 0 Å². The SMILES string of the molecule is O=c1c2cc(Cl)cc(Cl)c2ncn1Cc1csc([N+](=O)[O-])c1. The Morgan fingerprint density at radius 1 is 1.32 bits per heavy atom. The summed E-state index contributed by atoms with van der Waals surface area (Å²) in [5, 5.41) is 13.3. The van der Waals surface area contributed by atoms with Crippen LogP contribution in [0, 0.1) is 10.1 Å². The van der Waals surface area contributed by atoms with Gasteiger partial charge in [-0.2, -0.15) is 0 Å². The van der Waals surface area contributed by atoms with Crippen LogP contribution in [0.5, 0.6) is 0 Å². The minimum Gasteiger partial charge on any atom is -0.294 e. The maximum Gasteiger partial charge on any atom is 0.324 e. The molecule has 1 aromatic carbocycles. The molecule has 0 radical (unpaired) electrons. The van der Waals surface area contributed by atoms with E-state index in [9.17, 15) is 14.9 Å². The van der Waals surface area contributed by atoms with Crippen LogP contribution in [0.1, 0.15) is 5.56 Å². The van der Waals surface area contributed by atoms with Crippen molar-refractivity contribution in [1.82, 2.24) is 9.55 Å². The highest BCUT2D eigenvalue weighted by molar-refractivity contribution is 7.13. The first-order valence-corrected chi connectivity index (χ1v) is 7.65. The van der Waals surface area contributed by atoms with Crippen molar-refractivity contribution in [3.63, 3.8) is 0 Å². The van der Waals surface area contributed by atoms with Crippen LogP contribution in [0.15, 0.2) is 34.7 Å². The highest BCUT2D eigenvalue weighted by Crippen LogP contribution is 2.25. The normalized spacial score (nSPS) is 11.0. The van der Waals surface area contributed by atoms with Gasteiger partial charge in [0.25, 0.3) is 5.56 Å². The summed E-state index contributed by atoms with van der Waals surface area (Å²) in [4.78, 5) is 26.8. The number of benzene rings is 1. The average molecular weight is 356 g/mol. The second kappa shape index (κ2) is 5.68. The Bertz CT molecular complexity index is 951. The molecule has 2 heterocycles. The predicted octanol–water partition coefficient (Wildman–Crippen LogP) is 3.72. The molecular formula is C13H7Cl2N3O3S. The summed E-state index contributed by atoms with van der Waals surface area (Å²) in [7, 11) is 0. The van der Waals surface area contributed by atoms with Crippen LogP contribution in [0.4, 0.5) is 5.00 Å². The van der Waals surface area contributed by atoms with Gasteiger partial charge in [-0.3, -0.25) is 19.5 Å². The summed E-state index contributed by atoms with van der Waals surface area (Å²) in [5.41, 5.74) is 0.736. The van der Waals surface area contributed by atoms with Gasteiger partial charge >= 0.3 is 5.00 Å². The molecule has 3 aromatic rings. The van der Waals surface area contributed by atoms with Crippen LogP contribution in [0.2, 0.25) is 10.0 Å². The molecule has 0 bridgehead atoms. The van der Waals surface area contributed by atoms with E-state index in [1.807, 2.05) is 0 Å². The second-order valence-corrected chi connectivity index (χ2v) is 6.25. The van der Waals surface area contributed by atoms with Gasteiger partial charge in [-0.25, -0.2) is 4.98 Å². The summed E-state index contributed by atoms with van der Waals surface area (Å²) >= 11 is 12.9. The van der Waals surface area contributed by atoms with E-state index >= 15 is 0 Å². The standard InChI is InChI=1S/C13H7Cl2N3O3S/c14-8-2-9-12(10(15)3-8)16-6-17(13(9)19)4-7-1-11(18(20)21)22-5-7/h1-3,5-6H,4H2. The van der Waals surface area contributed by atoms with Crippen molar-refractivity contribution in [3.05, 3.63) is 66.0 Å². The van der Waals surface area contributed by atoms with Crippen LogP contribution < -0.4 is 5.56 Å². The highest BCUT2D eigenvalue weighted by atomic mass is 35.5. The molecule has 0 amide bonds. The Morgan fingerprint density at radius 3 is 2.77 bits per heavy atom. The van der Waals surface area contributed by atoms with E-state index in [1.165, 1.54) is 29.1 Å². The lowest BCUT2D eigenvalue weighted by Gasteiger charge is -2.06. The summed E-state index contributed by atoms with van der Waals surface area (Å²) in [6, 6.07) is 4.46. The van der Waals surface area contributed by atoms with E-state index in [1.54, 1.807) is 5.38 Å². The lowest BCUT2D eigenvalue weighted by molar-refractivity contribution is -0.380. The molecule has 9 heteroatoms. The minimum absolute atomic E-state index is 0.0305. The van der Waals surface area contributed by atoms with Crippen LogP contribution in [0.25, 0.3) is 10.9 Å². The number of aromatic nitrogens is 2. The largest absolute Gasteiger partial charge is 0.324 e. The van der Waals surface area contributed by atoms with Gasteiger partial charge in [0.1, 0.15) is 0 Å². The zero-order valence-electron chi connectivity index (χ0n) is 10.8. The van der Waals surface area contributed by atoms with Crippen molar-refractivity contribution in [2.45, 2.75) is 6.54 Å². The molecule has 0 atom stereocenters. The third kappa shape index (κ3) is 2.70. The number of hydrogen-bond acceptors (Lipinski definition) is 5. The highest BCUT2D eigenvalue weighted by Gasteiger charge is 2.12. The van der Waals surface area contributed by atoms with E-state index in [0.29, 0.717) is 26.5 Å². The minimum atomic E-state index is -0.463. The van der Waals surface area contributed by atoms with Gasteiger partial charge in [-0.1, -0.05) is 34.5 Å². The van der Waals surface area contributed by atoms with Gasteiger partial charge in [-0.15, -0.1) is 0 Å². The number of hydrogen-bond donors (Lipinski definition) is 0. The van der Waals surface area contributed by atoms with Gasteiger partial charge in [0.2, 0.25) is 0 Å². The first-order valence-electron chi connectivity index (χ1n) is 6.01. The van der Waals surface area contributed by atoms with Gasteiger partial charge < -0.3 is 0 Å². The molecule has 2 aromatic heterocycles. The van der Waals surface area contributed by atoms with E-state index in [-0.39, 0.29) is 17.1 Å². The van der Waals surface area contributed by atoms with Gasteiger partial charge in [0, 0.05) is 16.5 Å². The molecule has 112 valence electrons. The molecule has 6 nitrogen and oxygen atoms in total. The molecule has 0 aliphatic heterocycles. The molecule has 0 aliphatic rings. The van der Waals surface area contributed by atoms with Gasteiger partial charge in [0.15, 0.2) is 0 Å².